The third-order valence-electron chi connectivity index (χ3n) is 3.66. The summed E-state index contributed by atoms with van der Waals surface area (Å²) < 4.78 is 10.2. The number of amides is 1. The van der Waals surface area contributed by atoms with Crippen LogP contribution in [0.5, 0.6) is 5.75 Å². The summed E-state index contributed by atoms with van der Waals surface area (Å²) in [5.74, 6) is -1.31. The summed E-state index contributed by atoms with van der Waals surface area (Å²) in [7, 11) is 1.57. The molecule has 22 heavy (non-hydrogen) atoms. The van der Waals surface area contributed by atoms with Crippen molar-refractivity contribution < 1.29 is 29.3 Å². The van der Waals surface area contributed by atoms with Gasteiger partial charge in [-0.25, -0.2) is 4.79 Å². The predicted octanol–water partition coefficient (Wildman–Crippen LogP) is 0.258. The van der Waals surface area contributed by atoms with E-state index in [1.165, 1.54) is 4.90 Å². The molecule has 2 N–H and O–H groups in total. The molecule has 1 unspecified atom stereocenters. The van der Waals surface area contributed by atoms with Gasteiger partial charge in [0.1, 0.15) is 5.75 Å². The molecule has 2 rings (SSSR count). The number of carboxylic acids is 1. The Balaban J connectivity index is 2.11. The van der Waals surface area contributed by atoms with Crippen LogP contribution in [-0.2, 0) is 20.9 Å². The lowest BCUT2D eigenvalue weighted by Crippen LogP contribution is -2.59. The molecular weight excluding hydrogens is 290 g/mol. The Kier molecular flexibility index (Phi) is 4.68. The predicted molar refractivity (Wildman–Crippen MR) is 76.4 cm³/mol. The van der Waals surface area contributed by atoms with Gasteiger partial charge in [-0.1, -0.05) is 12.1 Å². The topological polar surface area (TPSA) is 96.3 Å². The maximum absolute atomic E-state index is 12.4. The molecule has 0 saturated carbocycles. The van der Waals surface area contributed by atoms with E-state index in [4.69, 9.17) is 14.6 Å². The van der Waals surface area contributed by atoms with Gasteiger partial charge < -0.3 is 24.6 Å². The van der Waals surface area contributed by atoms with Crippen LogP contribution >= 0.6 is 0 Å². The van der Waals surface area contributed by atoms with Crippen molar-refractivity contribution in [3.05, 3.63) is 29.8 Å². The fourth-order valence-electron chi connectivity index (χ4n) is 2.25. The van der Waals surface area contributed by atoms with Crippen LogP contribution in [0, 0.1) is 0 Å². The summed E-state index contributed by atoms with van der Waals surface area (Å²) >= 11 is 0. The number of methoxy groups -OCH3 is 1. The van der Waals surface area contributed by atoms with Crippen molar-refractivity contribution in [3.63, 3.8) is 0 Å². The van der Waals surface area contributed by atoms with E-state index in [9.17, 15) is 14.7 Å². The van der Waals surface area contributed by atoms with Crippen LogP contribution in [0.3, 0.4) is 0 Å². The summed E-state index contributed by atoms with van der Waals surface area (Å²) in [4.78, 5) is 24.9. The maximum Gasteiger partial charge on any atom is 0.338 e. The lowest BCUT2D eigenvalue weighted by Gasteiger charge is -2.37. The van der Waals surface area contributed by atoms with Crippen LogP contribution in [0.15, 0.2) is 24.3 Å². The fourth-order valence-corrected chi connectivity index (χ4v) is 2.25. The maximum atomic E-state index is 12.4. The van der Waals surface area contributed by atoms with E-state index in [0.29, 0.717) is 18.8 Å². The molecule has 7 heteroatoms. The van der Waals surface area contributed by atoms with E-state index in [0.717, 1.165) is 12.5 Å². The van der Waals surface area contributed by atoms with Crippen LogP contribution in [0.1, 0.15) is 12.5 Å². The normalized spacial score (nSPS) is 21.3. The number of carboxylic acid groups (broad SMARTS) is 1. The van der Waals surface area contributed by atoms with Crippen LogP contribution in [0.25, 0.3) is 0 Å². The van der Waals surface area contributed by atoms with Gasteiger partial charge in [0.2, 0.25) is 0 Å². The highest BCUT2D eigenvalue weighted by molar-refractivity contribution is 5.91. The van der Waals surface area contributed by atoms with Gasteiger partial charge in [0.05, 0.1) is 13.7 Å². The Morgan fingerprint density at radius 3 is 2.64 bits per heavy atom. The molecule has 0 aromatic heterocycles. The Morgan fingerprint density at radius 1 is 1.45 bits per heavy atom. The molecule has 1 aliphatic heterocycles. The van der Waals surface area contributed by atoms with E-state index < -0.39 is 23.6 Å². The highest BCUT2D eigenvalue weighted by atomic mass is 16.5. The monoisotopic (exact) mass is 309 g/mol. The number of hydrogen-bond acceptors (Lipinski definition) is 5. The van der Waals surface area contributed by atoms with Gasteiger partial charge in [-0.3, -0.25) is 4.79 Å². The highest BCUT2D eigenvalue weighted by Crippen LogP contribution is 2.22. The average molecular weight is 309 g/mol. The number of nitrogens with zero attached hydrogens (tertiary/aromatic N) is 1. The minimum absolute atomic E-state index is 0.177. The van der Waals surface area contributed by atoms with E-state index >= 15 is 0 Å². The molecule has 1 aliphatic rings. The lowest BCUT2D eigenvalue weighted by atomic mass is 9.97. The van der Waals surface area contributed by atoms with Crippen molar-refractivity contribution in [2.75, 3.05) is 20.3 Å². The van der Waals surface area contributed by atoms with E-state index in [2.05, 4.69) is 0 Å². The van der Waals surface area contributed by atoms with Gasteiger partial charge >= 0.3 is 5.97 Å². The molecule has 0 bridgehead atoms. The number of aliphatic carboxylic acids is 1. The van der Waals surface area contributed by atoms with Gasteiger partial charge in [0.15, 0.2) is 11.7 Å². The van der Waals surface area contributed by atoms with Crippen LogP contribution in [0.2, 0.25) is 0 Å². The average Bonchev–Trinajstić information content (AvgIpc) is 2.49. The van der Waals surface area contributed by atoms with Crippen LogP contribution in [-0.4, -0.2) is 59.0 Å². The standard InChI is InChI=1S/C15H19NO6/c1-15(20,14(18)19)12-13(17)16(7-8-22-12)9-10-3-5-11(21-2)6-4-10/h3-6,12,20H,7-9H2,1-2H3,(H,18,19)/t12-,15?/m0/s1. The van der Waals surface area contributed by atoms with E-state index in [-0.39, 0.29) is 6.61 Å². The van der Waals surface area contributed by atoms with Crippen molar-refractivity contribution in [3.8, 4) is 5.75 Å². The second kappa shape index (κ2) is 6.33. The molecule has 0 spiro atoms. The second-order valence-corrected chi connectivity index (χ2v) is 5.31. The number of carbonyl (C=O) groups is 2. The molecule has 2 atom stereocenters. The van der Waals surface area contributed by atoms with Crippen molar-refractivity contribution in [1.82, 2.24) is 4.90 Å². The molecule has 1 aromatic carbocycles. The highest BCUT2D eigenvalue weighted by Gasteiger charge is 2.48. The molecule has 1 saturated heterocycles. The Morgan fingerprint density at radius 2 is 2.09 bits per heavy atom. The summed E-state index contributed by atoms with van der Waals surface area (Å²) in [5.41, 5.74) is -1.37. The third kappa shape index (κ3) is 3.20. The quantitative estimate of drug-likeness (QED) is 0.810. The van der Waals surface area contributed by atoms with Crippen molar-refractivity contribution in [2.24, 2.45) is 0 Å². The first-order valence-corrected chi connectivity index (χ1v) is 6.85. The molecular formula is C15H19NO6. The minimum atomic E-state index is -2.25. The zero-order valence-corrected chi connectivity index (χ0v) is 12.5. The molecule has 7 nitrogen and oxygen atoms in total. The molecule has 0 aliphatic carbocycles. The van der Waals surface area contributed by atoms with Gasteiger partial charge in [-0.15, -0.1) is 0 Å². The number of rotatable bonds is 5. The molecule has 1 aromatic rings. The SMILES string of the molecule is COc1ccc(CN2CCO[C@H](C(C)(O)C(=O)O)C2=O)cc1. The summed E-state index contributed by atoms with van der Waals surface area (Å²) in [6.45, 7) is 1.90. The summed E-state index contributed by atoms with van der Waals surface area (Å²) in [6.07, 6.45) is -1.41. The third-order valence-corrected chi connectivity index (χ3v) is 3.66. The summed E-state index contributed by atoms with van der Waals surface area (Å²) in [6, 6.07) is 7.22. The van der Waals surface area contributed by atoms with Gasteiger partial charge in [-0.2, -0.15) is 0 Å². The Labute approximate surface area is 128 Å². The zero-order valence-electron chi connectivity index (χ0n) is 12.5. The van der Waals surface area contributed by atoms with Gasteiger partial charge in [0.25, 0.3) is 5.91 Å². The summed E-state index contributed by atoms with van der Waals surface area (Å²) in [5, 5.41) is 19.0. The number of morpholine rings is 1. The molecule has 120 valence electrons. The molecule has 1 amide bonds. The smallest absolute Gasteiger partial charge is 0.338 e. The number of hydrogen-bond donors (Lipinski definition) is 2. The number of carbonyl (C=O) groups excluding carboxylic acids is 1. The first-order chi connectivity index (χ1) is 10.4. The first-order valence-electron chi connectivity index (χ1n) is 6.85. The van der Waals surface area contributed by atoms with Crippen LogP contribution in [0.4, 0.5) is 0 Å². The zero-order chi connectivity index (χ0) is 16.3. The minimum Gasteiger partial charge on any atom is -0.497 e. The Hall–Kier alpha value is -2.12. The van der Waals surface area contributed by atoms with Crippen molar-refractivity contribution in [2.45, 2.75) is 25.2 Å². The van der Waals surface area contributed by atoms with Crippen LogP contribution < -0.4 is 4.74 Å². The molecule has 1 heterocycles. The lowest BCUT2D eigenvalue weighted by molar-refractivity contribution is -0.191. The van der Waals surface area contributed by atoms with E-state index in [1.54, 1.807) is 19.2 Å². The van der Waals surface area contributed by atoms with E-state index in [1.807, 2.05) is 12.1 Å². The fraction of sp³-hybridized carbons (Fsp3) is 0.467. The second-order valence-electron chi connectivity index (χ2n) is 5.31. The van der Waals surface area contributed by atoms with Gasteiger partial charge in [-0.05, 0) is 24.6 Å². The molecule has 0 radical (unpaired) electrons. The number of aliphatic hydroxyl groups is 1. The molecule has 1 fully saturated rings. The largest absolute Gasteiger partial charge is 0.497 e. The number of benzene rings is 1. The Bertz CT molecular complexity index is 554. The number of ether oxygens (including phenoxy) is 2. The first kappa shape index (κ1) is 16.3. The van der Waals surface area contributed by atoms with Crippen molar-refractivity contribution >= 4 is 11.9 Å². The van der Waals surface area contributed by atoms with Crippen molar-refractivity contribution in [1.29, 1.82) is 0 Å². The van der Waals surface area contributed by atoms with Gasteiger partial charge in [0, 0.05) is 13.1 Å².